The molecule has 1 aromatic rings. The monoisotopic (exact) mass is 282 g/mol. The Kier molecular flexibility index (Phi) is 4.15. The molecule has 0 aromatic carbocycles. The fraction of sp³-hybridized carbons (Fsp3) is 0.714. The quantitative estimate of drug-likeness (QED) is 0.902. The molecular weight excluding hydrogens is 260 g/mol. The molecule has 0 unspecified atom stereocenters. The zero-order valence-electron chi connectivity index (χ0n) is 12.4. The third kappa shape index (κ3) is 2.23. The van der Waals surface area contributed by atoms with Gasteiger partial charge in [-0.1, -0.05) is 20.8 Å². The van der Waals surface area contributed by atoms with Crippen LogP contribution in [0.3, 0.4) is 0 Å². The molecule has 3 atom stereocenters. The fourth-order valence-corrected chi connectivity index (χ4v) is 3.19. The van der Waals surface area contributed by atoms with Gasteiger partial charge in [0.05, 0.1) is 5.60 Å². The van der Waals surface area contributed by atoms with Crippen molar-refractivity contribution in [2.24, 2.45) is 5.92 Å². The van der Waals surface area contributed by atoms with Crippen LogP contribution >= 0.6 is 0 Å². The number of methoxy groups -OCH3 is 1. The second-order valence-corrected chi connectivity index (χ2v) is 5.29. The first-order valence-electron chi connectivity index (χ1n) is 7.01. The maximum Gasteiger partial charge on any atom is 0.330 e. The van der Waals surface area contributed by atoms with Crippen LogP contribution in [0, 0.1) is 5.92 Å². The highest BCUT2D eigenvalue weighted by Gasteiger charge is 2.51. The summed E-state index contributed by atoms with van der Waals surface area (Å²) < 4.78 is 13.1. The maximum atomic E-state index is 12.0. The van der Waals surface area contributed by atoms with Gasteiger partial charge < -0.3 is 9.47 Å². The van der Waals surface area contributed by atoms with E-state index < -0.39 is 17.5 Å². The molecule has 0 aliphatic carbocycles. The van der Waals surface area contributed by atoms with Crippen molar-refractivity contribution in [3.05, 3.63) is 33.1 Å². The van der Waals surface area contributed by atoms with E-state index in [4.69, 9.17) is 9.47 Å². The number of aromatic amines is 1. The number of nitrogens with zero attached hydrogens (tertiary/aromatic N) is 1. The molecule has 0 bridgehead atoms. The van der Waals surface area contributed by atoms with E-state index >= 15 is 0 Å². The lowest BCUT2D eigenvalue weighted by Crippen LogP contribution is -2.36. The molecule has 0 spiro atoms. The van der Waals surface area contributed by atoms with Gasteiger partial charge in [0.1, 0.15) is 6.10 Å². The third-order valence-corrected chi connectivity index (χ3v) is 4.55. The third-order valence-electron chi connectivity index (χ3n) is 4.55. The predicted molar refractivity (Wildman–Crippen MR) is 74.7 cm³/mol. The van der Waals surface area contributed by atoms with E-state index in [2.05, 4.69) is 25.8 Å². The normalized spacial score (nSPS) is 28.7. The summed E-state index contributed by atoms with van der Waals surface area (Å²) in [6.45, 7) is 6.23. The first kappa shape index (κ1) is 15.0. The zero-order valence-corrected chi connectivity index (χ0v) is 12.4. The number of H-pyrrole nitrogens is 1. The first-order valence-corrected chi connectivity index (χ1v) is 7.01. The molecule has 2 rings (SSSR count). The molecule has 0 radical (unpaired) electrons. The topological polar surface area (TPSA) is 73.3 Å². The van der Waals surface area contributed by atoms with E-state index in [0.29, 0.717) is 0 Å². The lowest BCUT2D eigenvalue weighted by atomic mass is 9.83. The van der Waals surface area contributed by atoms with Crippen LogP contribution in [0.25, 0.3) is 0 Å². The van der Waals surface area contributed by atoms with Crippen molar-refractivity contribution in [2.75, 3.05) is 7.11 Å². The van der Waals surface area contributed by atoms with Crippen molar-refractivity contribution in [3.8, 4) is 0 Å². The molecule has 1 aromatic heterocycles. The Balaban J connectivity index is 2.46. The van der Waals surface area contributed by atoms with E-state index in [1.165, 1.54) is 16.8 Å². The Morgan fingerprint density at radius 1 is 1.40 bits per heavy atom. The SMILES string of the molecule is CCC1(CC)O[C@@H](n2ccc(=O)[nH]c2=O)[C@H](OC)[C@@H]1C. The Morgan fingerprint density at radius 2 is 2.05 bits per heavy atom. The highest BCUT2D eigenvalue weighted by molar-refractivity contribution is 4.99. The number of nitrogens with one attached hydrogen (secondary N) is 1. The van der Waals surface area contributed by atoms with Crippen molar-refractivity contribution in [1.82, 2.24) is 9.55 Å². The van der Waals surface area contributed by atoms with Gasteiger partial charge in [0.2, 0.25) is 0 Å². The maximum absolute atomic E-state index is 12.0. The summed E-state index contributed by atoms with van der Waals surface area (Å²) in [5.74, 6) is 0.159. The molecule has 112 valence electrons. The fourth-order valence-electron chi connectivity index (χ4n) is 3.19. The van der Waals surface area contributed by atoms with Gasteiger partial charge in [-0.25, -0.2) is 4.79 Å². The van der Waals surface area contributed by atoms with Crippen LogP contribution in [0.5, 0.6) is 0 Å². The van der Waals surface area contributed by atoms with Crippen LogP contribution in [0.1, 0.15) is 39.8 Å². The summed E-state index contributed by atoms with van der Waals surface area (Å²) in [6, 6.07) is 1.32. The second-order valence-electron chi connectivity index (χ2n) is 5.29. The summed E-state index contributed by atoms with van der Waals surface area (Å²) in [4.78, 5) is 25.4. The number of hydrogen-bond donors (Lipinski definition) is 1. The van der Waals surface area contributed by atoms with Crippen LogP contribution in [0.2, 0.25) is 0 Å². The van der Waals surface area contributed by atoms with Crippen LogP contribution in [-0.4, -0.2) is 28.4 Å². The van der Waals surface area contributed by atoms with Crippen molar-refractivity contribution >= 4 is 0 Å². The van der Waals surface area contributed by atoms with Crippen LogP contribution in [-0.2, 0) is 9.47 Å². The van der Waals surface area contributed by atoms with Gasteiger partial charge in [-0.05, 0) is 12.8 Å². The summed E-state index contributed by atoms with van der Waals surface area (Å²) >= 11 is 0. The minimum atomic E-state index is -0.515. The van der Waals surface area contributed by atoms with Gasteiger partial charge in [0.25, 0.3) is 5.56 Å². The van der Waals surface area contributed by atoms with E-state index in [1.54, 1.807) is 7.11 Å². The number of ether oxygens (including phenoxy) is 2. The van der Waals surface area contributed by atoms with Gasteiger partial charge in [-0.3, -0.25) is 14.3 Å². The van der Waals surface area contributed by atoms with Gasteiger partial charge in [0.15, 0.2) is 6.23 Å². The van der Waals surface area contributed by atoms with Gasteiger partial charge in [0, 0.05) is 25.3 Å². The Hall–Kier alpha value is -1.40. The van der Waals surface area contributed by atoms with Gasteiger partial charge in [-0.2, -0.15) is 0 Å². The standard InChI is InChI=1S/C14H22N2O4/c1-5-14(6-2)9(3)11(19-4)12(20-14)16-8-7-10(17)15-13(16)18/h7-9,11-12H,5-6H2,1-4H3,(H,15,17,18)/t9-,11+,12+/m0/s1. The summed E-state index contributed by atoms with van der Waals surface area (Å²) in [6.07, 6.45) is 2.42. The average Bonchev–Trinajstić information content (AvgIpc) is 2.71. The summed E-state index contributed by atoms with van der Waals surface area (Å²) in [7, 11) is 1.62. The Labute approximate surface area is 117 Å². The molecule has 6 nitrogen and oxygen atoms in total. The van der Waals surface area contributed by atoms with Gasteiger partial charge >= 0.3 is 5.69 Å². The molecule has 1 saturated heterocycles. The smallest absolute Gasteiger partial charge is 0.330 e. The molecule has 0 saturated carbocycles. The molecular formula is C14H22N2O4. The van der Waals surface area contributed by atoms with Crippen LogP contribution < -0.4 is 11.2 Å². The molecule has 20 heavy (non-hydrogen) atoms. The van der Waals surface area contributed by atoms with E-state index in [-0.39, 0.29) is 17.6 Å². The minimum absolute atomic E-state index is 0.159. The lowest BCUT2D eigenvalue weighted by Gasteiger charge is -2.30. The van der Waals surface area contributed by atoms with Crippen molar-refractivity contribution in [3.63, 3.8) is 0 Å². The highest BCUT2D eigenvalue weighted by atomic mass is 16.6. The summed E-state index contributed by atoms with van der Waals surface area (Å²) in [5.41, 5.74) is -1.19. The Bertz CT molecular complexity index is 573. The predicted octanol–water partition coefficient (Wildman–Crippen LogP) is 1.28. The van der Waals surface area contributed by atoms with Crippen molar-refractivity contribution in [1.29, 1.82) is 0 Å². The number of aromatic nitrogens is 2. The average molecular weight is 282 g/mol. The van der Waals surface area contributed by atoms with Crippen molar-refractivity contribution < 1.29 is 9.47 Å². The molecule has 6 heteroatoms. The van der Waals surface area contributed by atoms with Crippen LogP contribution in [0.4, 0.5) is 0 Å². The van der Waals surface area contributed by atoms with Crippen LogP contribution in [0.15, 0.2) is 21.9 Å². The molecule has 1 N–H and O–H groups in total. The largest absolute Gasteiger partial charge is 0.376 e. The van der Waals surface area contributed by atoms with E-state index in [0.717, 1.165) is 12.8 Å². The van der Waals surface area contributed by atoms with E-state index in [9.17, 15) is 9.59 Å². The molecule has 1 aliphatic rings. The second kappa shape index (κ2) is 5.54. The molecule has 2 heterocycles. The Morgan fingerprint density at radius 3 is 2.55 bits per heavy atom. The molecule has 0 amide bonds. The highest BCUT2D eigenvalue weighted by Crippen LogP contribution is 2.46. The number of hydrogen-bond acceptors (Lipinski definition) is 4. The lowest BCUT2D eigenvalue weighted by molar-refractivity contribution is -0.101. The van der Waals surface area contributed by atoms with E-state index in [1.807, 2.05) is 0 Å². The number of rotatable bonds is 4. The minimum Gasteiger partial charge on any atom is -0.376 e. The molecule has 1 fully saturated rings. The van der Waals surface area contributed by atoms with Crippen molar-refractivity contribution in [2.45, 2.75) is 51.5 Å². The zero-order chi connectivity index (χ0) is 14.9. The summed E-state index contributed by atoms with van der Waals surface area (Å²) in [5, 5.41) is 0. The molecule has 1 aliphatic heterocycles. The first-order chi connectivity index (χ1) is 9.49. The van der Waals surface area contributed by atoms with Gasteiger partial charge in [-0.15, -0.1) is 0 Å².